The van der Waals surface area contributed by atoms with Crippen molar-refractivity contribution >= 4 is 11.2 Å². The van der Waals surface area contributed by atoms with Crippen LogP contribution in [0.5, 0.6) is 0 Å². The zero-order valence-electron chi connectivity index (χ0n) is 13.3. The van der Waals surface area contributed by atoms with E-state index in [2.05, 4.69) is 50.7 Å². The highest BCUT2D eigenvalue weighted by Crippen LogP contribution is 2.43. The SMILES string of the molecule is c1cc2c3c(c1)N(Cc1cccc4cncn14)CCC3CCC2. The lowest BCUT2D eigenvalue weighted by Crippen LogP contribution is -2.33. The number of anilines is 1. The molecule has 5 rings (SSSR count). The first-order valence-corrected chi connectivity index (χ1v) is 8.67. The minimum Gasteiger partial charge on any atom is -0.365 e. The molecule has 0 amide bonds. The number of imidazole rings is 1. The highest BCUT2D eigenvalue weighted by Gasteiger charge is 2.29. The van der Waals surface area contributed by atoms with E-state index in [4.69, 9.17) is 0 Å². The minimum absolute atomic E-state index is 0.787. The first-order chi connectivity index (χ1) is 11.4. The predicted molar refractivity (Wildman–Crippen MR) is 93.0 cm³/mol. The molecule has 0 fully saturated rings. The number of aryl methyl sites for hydroxylation is 1. The smallest absolute Gasteiger partial charge is 0.0994 e. The lowest BCUT2D eigenvalue weighted by atomic mass is 9.78. The van der Waals surface area contributed by atoms with Crippen LogP contribution in [-0.2, 0) is 13.0 Å². The Morgan fingerprint density at radius 2 is 2.04 bits per heavy atom. The van der Waals surface area contributed by atoms with Gasteiger partial charge in [0.1, 0.15) is 0 Å². The summed E-state index contributed by atoms with van der Waals surface area (Å²) in [6.07, 6.45) is 9.14. The van der Waals surface area contributed by atoms with Gasteiger partial charge in [0.05, 0.1) is 24.6 Å². The van der Waals surface area contributed by atoms with Gasteiger partial charge in [-0.1, -0.05) is 18.2 Å². The zero-order chi connectivity index (χ0) is 15.2. The fraction of sp³-hybridized carbons (Fsp3) is 0.350. The number of hydrogen-bond donors (Lipinski definition) is 0. The van der Waals surface area contributed by atoms with Crippen molar-refractivity contribution < 1.29 is 0 Å². The highest BCUT2D eigenvalue weighted by atomic mass is 15.2. The van der Waals surface area contributed by atoms with Crippen LogP contribution in [0.4, 0.5) is 5.69 Å². The van der Waals surface area contributed by atoms with Crippen LogP contribution in [0.2, 0.25) is 0 Å². The van der Waals surface area contributed by atoms with Gasteiger partial charge in [-0.3, -0.25) is 0 Å². The van der Waals surface area contributed by atoms with Crippen LogP contribution in [0.3, 0.4) is 0 Å². The second-order valence-electron chi connectivity index (χ2n) is 6.85. The summed E-state index contributed by atoms with van der Waals surface area (Å²) in [5, 5.41) is 0. The van der Waals surface area contributed by atoms with E-state index in [0.717, 1.165) is 19.0 Å². The summed E-state index contributed by atoms with van der Waals surface area (Å²) in [5.41, 5.74) is 7.18. The molecule has 3 aromatic rings. The Bertz CT molecular complexity index is 864. The molecule has 0 radical (unpaired) electrons. The third-order valence-corrected chi connectivity index (χ3v) is 5.55. The third kappa shape index (κ3) is 2.07. The molecule has 0 spiro atoms. The standard InChI is InChI=1S/C20H21N3/c1-4-15-6-2-9-19-20(15)16(5-1)10-11-22(19)13-18-8-3-7-17-12-21-14-23(17)18/h2-3,6-9,12,14,16H,1,4-5,10-11,13H2. The van der Waals surface area contributed by atoms with E-state index < -0.39 is 0 Å². The van der Waals surface area contributed by atoms with E-state index in [9.17, 15) is 0 Å². The van der Waals surface area contributed by atoms with E-state index >= 15 is 0 Å². The number of rotatable bonds is 2. The van der Waals surface area contributed by atoms with Gasteiger partial charge in [0, 0.05) is 17.9 Å². The first kappa shape index (κ1) is 13.2. The Morgan fingerprint density at radius 1 is 1.09 bits per heavy atom. The zero-order valence-corrected chi connectivity index (χ0v) is 13.3. The van der Waals surface area contributed by atoms with Crippen molar-refractivity contribution in [2.45, 2.75) is 38.1 Å². The molecular formula is C20H21N3. The average Bonchev–Trinajstić information content (AvgIpc) is 3.07. The van der Waals surface area contributed by atoms with Crippen molar-refractivity contribution in [1.29, 1.82) is 0 Å². The average molecular weight is 303 g/mol. The predicted octanol–water partition coefficient (Wildman–Crippen LogP) is 4.16. The molecular weight excluding hydrogens is 282 g/mol. The van der Waals surface area contributed by atoms with Gasteiger partial charge in [-0.25, -0.2) is 4.98 Å². The molecule has 0 N–H and O–H groups in total. The van der Waals surface area contributed by atoms with Gasteiger partial charge in [-0.15, -0.1) is 0 Å². The number of hydrogen-bond acceptors (Lipinski definition) is 2. The lowest BCUT2D eigenvalue weighted by molar-refractivity contribution is 0.492. The maximum Gasteiger partial charge on any atom is 0.0994 e. The van der Waals surface area contributed by atoms with Crippen molar-refractivity contribution in [3.8, 4) is 0 Å². The van der Waals surface area contributed by atoms with Gasteiger partial charge >= 0.3 is 0 Å². The largest absolute Gasteiger partial charge is 0.365 e. The van der Waals surface area contributed by atoms with Gasteiger partial charge in [-0.2, -0.15) is 0 Å². The Kier molecular flexibility index (Phi) is 2.93. The van der Waals surface area contributed by atoms with Crippen molar-refractivity contribution in [3.63, 3.8) is 0 Å². The van der Waals surface area contributed by atoms with Crippen molar-refractivity contribution in [2.75, 3.05) is 11.4 Å². The first-order valence-electron chi connectivity index (χ1n) is 8.67. The molecule has 0 saturated carbocycles. The van der Waals surface area contributed by atoms with Crippen LogP contribution in [0.25, 0.3) is 5.52 Å². The molecule has 2 aliphatic rings. The Balaban J connectivity index is 1.56. The molecule has 2 aromatic heterocycles. The van der Waals surface area contributed by atoms with E-state index in [1.807, 2.05) is 12.5 Å². The van der Waals surface area contributed by atoms with Gasteiger partial charge in [-0.05, 0) is 60.9 Å². The molecule has 3 heteroatoms. The van der Waals surface area contributed by atoms with Crippen molar-refractivity contribution in [3.05, 3.63) is 65.7 Å². The molecule has 3 heterocycles. The molecule has 0 bridgehead atoms. The van der Waals surface area contributed by atoms with Gasteiger partial charge in [0.2, 0.25) is 0 Å². The maximum atomic E-state index is 4.29. The summed E-state index contributed by atoms with van der Waals surface area (Å²) >= 11 is 0. The molecule has 23 heavy (non-hydrogen) atoms. The highest BCUT2D eigenvalue weighted by molar-refractivity contribution is 5.61. The molecule has 1 atom stereocenters. The van der Waals surface area contributed by atoms with Crippen molar-refractivity contribution in [2.24, 2.45) is 0 Å². The number of pyridine rings is 1. The Labute approximate surface area is 136 Å². The van der Waals surface area contributed by atoms with Crippen LogP contribution in [0, 0.1) is 0 Å². The normalized spacial score (nSPS) is 19.8. The van der Waals surface area contributed by atoms with Gasteiger partial charge in [0.15, 0.2) is 0 Å². The number of aromatic nitrogens is 2. The van der Waals surface area contributed by atoms with Gasteiger partial charge in [0.25, 0.3) is 0 Å². The summed E-state index contributed by atoms with van der Waals surface area (Å²) in [6.45, 7) is 2.11. The number of fused-ring (bicyclic) bond motifs is 1. The van der Waals surface area contributed by atoms with Crippen LogP contribution in [-0.4, -0.2) is 15.9 Å². The van der Waals surface area contributed by atoms with E-state index in [-0.39, 0.29) is 0 Å². The fourth-order valence-corrected chi connectivity index (χ4v) is 4.46. The summed E-state index contributed by atoms with van der Waals surface area (Å²) in [5.74, 6) is 0.787. The summed E-state index contributed by atoms with van der Waals surface area (Å²) in [4.78, 5) is 6.86. The fourth-order valence-electron chi connectivity index (χ4n) is 4.46. The van der Waals surface area contributed by atoms with Crippen LogP contribution >= 0.6 is 0 Å². The van der Waals surface area contributed by atoms with Crippen LogP contribution in [0.15, 0.2) is 48.9 Å². The summed E-state index contributed by atoms with van der Waals surface area (Å²) in [7, 11) is 0. The molecule has 1 aliphatic carbocycles. The number of benzene rings is 1. The molecule has 0 saturated heterocycles. The molecule has 116 valence electrons. The third-order valence-electron chi connectivity index (χ3n) is 5.55. The topological polar surface area (TPSA) is 20.5 Å². The Hall–Kier alpha value is -2.29. The monoisotopic (exact) mass is 303 g/mol. The van der Waals surface area contributed by atoms with Crippen molar-refractivity contribution in [1.82, 2.24) is 9.38 Å². The van der Waals surface area contributed by atoms with E-state index in [1.165, 1.54) is 42.6 Å². The van der Waals surface area contributed by atoms with Crippen LogP contribution in [0.1, 0.15) is 42.0 Å². The molecule has 1 aromatic carbocycles. The molecule has 1 unspecified atom stereocenters. The van der Waals surface area contributed by atoms with Crippen LogP contribution < -0.4 is 4.90 Å². The maximum absolute atomic E-state index is 4.29. The minimum atomic E-state index is 0.787. The molecule has 3 nitrogen and oxygen atoms in total. The Morgan fingerprint density at radius 3 is 3.04 bits per heavy atom. The van der Waals surface area contributed by atoms with E-state index in [0.29, 0.717) is 0 Å². The molecule has 1 aliphatic heterocycles. The number of nitrogens with zero attached hydrogens (tertiary/aromatic N) is 3. The lowest BCUT2D eigenvalue weighted by Gasteiger charge is -2.39. The van der Waals surface area contributed by atoms with Gasteiger partial charge < -0.3 is 9.30 Å². The quantitative estimate of drug-likeness (QED) is 0.708. The second kappa shape index (κ2) is 5.12. The van der Waals surface area contributed by atoms with E-state index in [1.54, 1.807) is 11.1 Å². The second-order valence-corrected chi connectivity index (χ2v) is 6.85. The summed E-state index contributed by atoms with van der Waals surface area (Å²) in [6, 6.07) is 13.4. The summed E-state index contributed by atoms with van der Waals surface area (Å²) < 4.78 is 2.21.